The number of amides is 1. The number of rotatable bonds is 5. The third kappa shape index (κ3) is 3.39. The van der Waals surface area contributed by atoms with Crippen molar-refractivity contribution in [1.82, 2.24) is 5.32 Å². The number of furan rings is 1. The summed E-state index contributed by atoms with van der Waals surface area (Å²) in [6, 6.07) is 9.84. The number of carbonyl (C=O) groups excluding carboxylic acids is 1. The molecule has 0 aliphatic heterocycles. The zero-order valence-electron chi connectivity index (χ0n) is 13.8. The molecule has 0 spiro atoms. The SMILES string of the molecule is COCc1c(C(=O)N[C@@H](C)c2ccc(F)cc2F)oc2ccccc12. The number of benzene rings is 2. The van der Waals surface area contributed by atoms with E-state index in [0.29, 0.717) is 11.1 Å². The van der Waals surface area contributed by atoms with Crippen LogP contribution in [-0.4, -0.2) is 13.0 Å². The molecule has 0 unspecified atom stereocenters. The average molecular weight is 345 g/mol. The lowest BCUT2D eigenvalue weighted by atomic mass is 10.1. The predicted octanol–water partition coefficient (Wildman–Crippen LogP) is 4.35. The maximum absolute atomic E-state index is 13.9. The topological polar surface area (TPSA) is 51.5 Å². The molecule has 1 amide bonds. The van der Waals surface area contributed by atoms with Gasteiger partial charge in [-0.05, 0) is 19.1 Å². The number of ether oxygens (including phenoxy) is 1. The summed E-state index contributed by atoms with van der Waals surface area (Å²) >= 11 is 0. The van der Waals surface area contributed by atoms with Crippen LogP contribution in [0.1, 0.15) is 34.6 Å². The Morgan fingerprint density at radius 1 is 1.24 bits per heavy atom. The highest BCUT2D eigenvalue weighted by Crippen LogP contribution is 2.27. The molecule has 0 aliphatic carbocycles. The number of halogens is 2. The number of fused-ring (bicyclic) bond motifs is 1. The summed E-state index contributed by atoms with van der Waals surface area (Å²) in [5.74, 6) is -1.74. The second-order valence-electron chi connectivity index (χ2n) is 5.70. The molecule has 6 heteroatoms. The maximum Gasteiger partial charge on any atom is 0.287 e. The van der Waals surface area contributed by atoms with Gasteiger partial charge in [0.2, 0.25) is 0 Å². The average Bonchev–Trinajstić information content (AvgIpc) is 2.94. The third-order valence-corrected chi connectivity index (χ3v) is 3.97. The molecule has 0 radical (unpaired) electrons. The van der Waals surface area contributed by atoms with Crippen LogP contribution in [0.4, 0.5) is 8.78 Å². The Morgan fingerprint density at radius 2 is 2.00 bits per heavy atom. The first kappa shape index (κ1) is 17.1. The van der Waals surface area contributed by atoms with Crippen molar-refractivity contribution in [1.29, 1.82) is 0 Å². The van der Waals surface area contributed by atoms with Gasteiger partial charge in [0.25, 0.3) is 5.91 Å². The van der Waals surface area contributed by atoms with Crippen LogP contribution in [0.25, 0.3) is 11.0 Å². The van der Waals surface area contributed by atoms with Gasteiger partial charge in [0.05, 0.1) is 12.6 Å². The van der Waals surface area contributed by atoms with Gasteiger partial charge in [-0.2, -0.15) is 0 Å². The molecule has 0 fully saturated rings. The van der Waals surface area contributed by atoms with Crippen LogP contribution in [0.15, 0.2) is 46.9 Å². The van der Waals surface area contributed by atoms with Crippen molar-refractivity contribution in [2.45, 2.75) is 19.6 Å². The van der Waals surface area contributed by atoms with Gasteiger partial charge in [-0.25, -0.2) is 8.78 Å². The van der Waals surface area contributed by atoms with E-state index in [4.69, 9.17) is 9.15 Å². The van der Waals surface area contributed by atoms with Crippen molar-refractivity contribution in [3.8, 4) is 0 Å². The molecule has 130 valence electrons. The lowest BCUT2D eigenvalue weighted by molar-refractivity contribution is 0.0907. The fourth-order valence-electron chi connectivity index (χ4n) is 2.76. The highest BCUT2D eigenvalue weighted by Gasteiger charge is 2.23. The zero-order valence-corrected chi connectivity index (χ0v) is 13.8. The predicted molar refractivity (Wildman–Crippen MR) is 89.2 cm³/mol. The van der Waals surface area contributed by atoms with E-state index in [2.05, 4.69) is 5.32 Å². The number of hydrogen-bond acceptors (Lipinski definition) is 3. The zero-order chi connectivity index (χ0) is 18.0. The fourth-order valence-corrected chi connectivity index (χ4v) is 2.76. The molecule has 3 aromatic rings. The Kier molecular flexibility index (Phi) is 4.81. The summed E-state index contributed by atoms with van der Waals surface area (Å²) in [7, 11) is 1.53. The molecule has 1 heterocycles. The number of hydrogen-bond donors (Lipinski definition) is 1. The quantitative estimate of drug-likeness (QED) is 0.748. The van der Waals surface area contributed by atoms with Gasteiger partial charge in [0, 0.05) is 29.7 Å². The summed E-state index contributed by atoms with van der Waals surface area (Å²) in [5.41, 5.74) is 1.39. The number of methoxy groups -OCH3 is 1. The van der Waals surface area contributed by atoms with Crippen LogP contribution >= 0.6 is 0 Å². The minimum atomic E-state index is -0.713. The van der Waals surface area contributed by atoms with Crippen molar-refractivity contribution in [2.24, 2.45) is 0 Å². The van der Waals surface area contributed by atoms with E-state index in [0.717, 1.165) is 17.5 Å². The molecular formula is C19H17F2NO3. The number of nitrogens with one attached hydrogen (secondary N) is 1. The Morgan fingerprint density at radius 3 is 2.72 bits per heavy atom. The molecule has 0 saturated heterocycles. The van der Waals surface area contributed by atoms with Gasteiger partial charge in [-0.15, -0.1) is 0 Å². The van der Waals surface area contributed by atoms with E-state index in [1.54, 1.807) is 19.1 Å². The Balaban J connectivity index is 1.90. The van der Waals surface area contributed by atoms with Crippen molar-refractivity contribution >= 4 is 16.9 Å². The first-order valence-corrected chi connectivity index (χ1v) is 7.76. The summed E-state index contributed by atoms with van der Waals surface area (Å²) in [6.45, 7) is 1.83. The fraction of sp³-hybridized carbons (Fsp3) is 0.211. The molecule has 4 nitrogen and oxygen atoms in total. The molecule has 0 bridgehead atoms. The normalized spacial score (nSPS) is 12.3. The molecule has 1 aromatic heterocycles. The van der Waals surface area contributed by atoms with Gasteiger partial charge >= 0.3 is 0 Å². The monoisotopic (exact) mass is 345 g/mol. The standard InChI is InChI=1S/C19H17F2NO3/c1-11(13-8-7-12(20)9-16(13)21)22-19(23)18-15(10-24-2)14-5-3-4-6-17(14)25-18/h3-9,11H,10H2,1-2H3,(H,22,23)/t11-/m0/s1. The summed E-state index contributed by atoms with van der Waals surface area (Å²) in [4.78, 5) is 12.6. The van der Waals surface area contributed by atoms with Gasteiger partial charge < -0.3 is 14.5 Å². The van der Waals surface area contributed by atoms with Crippen LogP contribution in [0.2, 0.25) is 0 Å². The lowest BCUT2D eigenvalue weighted by Crippen LogP contribution is -2.27. The second-order valence-corrected chi connectivity index (χ2v) is 5.70. The highest BCUT2D eigenvalue weighted by molar-refractivity contribution is 5.99. The van der Waals surface area contributed by atoms with E-state index in [9.17, 15) is 13.6 Å². The van der Waals surface area contributed by atoms with E-state index in [-0.39, 0.29) is 17.9 Å². The van der Waals surface area contributed by atoms with Gasteiger partial charge in [-0.1, -0.05) is 24.3 Å². The lowest BCUT2D eigenvalue weighted by Gasteiger charge is -2.14. The highest BCUT2D eigenvalue weighted by atomic mass is 19.1. The Hall–Kier alpha value is -2.73. The van der Waals surface area contributed by atoms with E-state index in [1.807, 2.05) is 12.1 Å². The molecule has 3 rings (SSSR count). The summed E-state index contributed by atoms with van der Waals surface area (Å²) < 4.78 is 37.7. The molecule has 25 heavy (non-hydrogen) atoms. The van der Waals surface area contributed by atoms with Gasteiger partial charge in [0.1, 0.15) is 17.2 Å². The molecule has 1 atom stereocenters. The summed E-state index contributed by atoms with van der Waals surface area (Å²) in [6.07, 6.45) is 0. The van der Waals surface area contributed by atoms with Crippen LogP contribution in [0, 0.1) is 11.6 Å². The largest absolute Gasteiger partial charge is 0.451 e. The van der Waals surface area contributed by atoms with Crippen LogP contribution in [0.5, 0.6) is 0 Å². The van der Waals surface area contributed by atoms with Crippen LogP contribution in [-0.2, 0) is 11.3 Å². The van der Waals surface area contributed by atoms with Crippen molar-refractivity contribution in [2.75, 3.05) is 7.11 Å². The molecule has 0 aliphatic rings. The van der Waals surface area contributed by atoms with Crippen molar-refractivity contribution in [3.63, 3.8) is 0 Å². The molecule has 0 saturated carbocycles. The molecule has 1 N–H and O–H groups in total. The van der Waals surface area contributed by atoms with E-state index < -0.39 is 23.6 Å². The minimum Gasteiger partial charge on any atom is -0.451 e. The van der Waals surface area contributed by atoms with E-state index >= 15 is 0 Å². The number of para-hydroxylation sites is 1. The van der Waals surface area contributed by atoms with Gasteiger partial charge in [-0.3, -0.25) is 4.79 Å². The number of carbonyl (C=O) groups is 1. The first-order valence-electron chi connectivity index (χ1n) is 7.76. The Labute approximate surface area is 143 Å². The minimum absolute atomic E-state index is 0.123. The Bertz CT molecular complexity index is 920. The first-order chi connectivity index (χ1) is 12.0. The second kappa shape index (κ2) is 7.03. The maximum atomic E-state index is 13.9. The van der Waals surface area contributed by atoms with Crippen molar-refractivity contribution in [3.05, 3.63) is 71.0 Å². The van der Waals surface area contributed by atoms with E-state index in [1.165, 1.54) is 13.2 Å². The van der Waals surface area contributed by atoms with Gasteiger partial charge in [0.15, 0.2) is 5.76 Å². The van der Waals surface area contributed by atoms with Crippen LogP contribution < -0.4 is 5.32 Å². The molecule has 2 aromatic carbocycles. The smallest absolute Gasteiger partial charge is 0.287 e. The molecular weight excluding hydrogens is 328 g/mol. The van der Waals surface area contributed by atoms with Crippen molar-refractivity contribution < 1.29 is 22.7 Å². The van der Waals surface area contributed by atoms with Crippen LogP contribution in [0.3, 0.4) is 0 Å². The third-order valence-electron chi connectivity index (χ3n) is 3.97. The summed E-state index contributed by atoms with van der Waals surface area (Å²) in [5, 5.41) is 3.47.